The molecule has 0 atom stereocenters. The van der Waals surface area contributed by atoms with Crippen LogP contribution in [0.25, 0.3) is 0 Å². The Bertz CT molecular complexity index is 756. The second-order valence-electron chi connectivity index (χ2n) is 4.75. The minimum absolute atomic E-state index is 0.123. The molecule has 0 saturated carbocycles. The van der Waals surface area contributed by atoms with Crippen LogP contribution >= 0.6 is 35.0 Å². The first kappa shape index (κ1) is 18.6. The molecular weight excluding hydrogens is 371 g/mol. The first-order valence-corrected chi connectivity index (χ1v) is 8.65. The van der Waals surface area contributed by atoms with E-state index in [-0.39, 0.29) is 16.6 Å². The van der Waals surface area contributed by atoms with Gasteiger partial charge in [-0.3, -0.25) is 9.59 Å². The normalized spacial score (nSPS) is 10.3. The van der Waals surface area contributed by atoms with E-state index in [4.69, 9.17) is 27.9 Å². The molecule has 0 bridgehead atoms. The van der Waals surface area contributed by atoms with E-state index in [1.54, 1.807) is 0 Å². The number of esters is 1. The molecule has 1 N–H and O–H groups in total. The number of carbonyl (C=O) groups excluding carboxylic acids is 2. The number of thioether (sulfide) groups is 1. The third-order valence-corrected chi connectivity index (χ3v) is 4.51. The van der Waals surface area contributed by atoms with Gasteiger partial charge in [-0.2, -0.15) is 0 Å². The van der Waals surface area contributed by atoms with Crippen molar-refractivity contribution in [3.05, 3.63) is 52.1 Å². The quantitative estimate of drug-likeness (QED) is 0.602. The zero-order valence-corrected chi connectivity index (χ0v) is 15.0. The van der Waals surface area contributed by atoms with Crippen LogP contribution in [0.1, 0.15) is 5.56 Å². The van der Waals surface area contributed by atoms with Gasteiger partial charge in [-0.05, 0) is 24.6 Å². The van der Waals surface area contributed by atoms with Gasteiger partial charge in [-0.25, -0.2) is 4.98 Å². The number of anilines is 1. The number of aryl methyl sites for hydroxylation is 1. The van der Waals surface area contributed by atoms with Gasteiger partial charge in [0.15, 0.2) is 12.4 Å². The highest BCUT2D eigenvalue weighted by molar-refractivity contribution is 8.00. The van der Waals surface area contributed by atoms with Crippen LogP contribution in [0.5, 0.6) is 0 Å². The van der Waals surface area contributed by atoms with Crippen molar-refractivity contribution >= 4 is 52.7 Å². The SMILES string of the molecule is Cc1ccccc1SCC(=O)OCC(=O)Nc1ncc(Cl)cc1Cl. The molecule has 0 aliphatic rings. The van der Waals surface area contributed by atoms with Gasteiger partial charge in [-0.15, -0.1) is 11.8 Å². The van der Waals surface area contributed by atoms with Crippen LogP contribution in [0, 0.1) is 6.92 Å². The zero-order chi connectivity index (χ0) is 17.5. The smallest absolute Gasteiger partial charge is 0.316 e. The number of hydrogen-bond donors (Lipinski definition) is 1. The van der Waals surface area contributed by atoms with Gasteiger partial charge >= 0.3 is 5.97 Å². The molecule has 0 saturated heterocycles. The highest BCUT2D eigenvalue weighted by atomic mass is 35.5. The molecule has 0 aliphatic heterocycles. The van der Waals surface area contributed by atoms with Crippen LogP contribution in [0.15, 0.2) is 41.4 Å². The molecule has 0 aliphatic carbocycles. The number of aromatic nitrogens is 1. The van der Waals surface area contributed by atoms with Gasteiger partial charge in [0.2, 0.25) is 0 Å². The first-order valence-electron chi connectivity index (χ1n) is 6.90. The van der Waals surface area contributed by atoms with Crippen LogP contribution in [0.3, 0.4) is 0 Å². The van der Waals surface area contributed by atoms with E-state index >= 15 is 0 Å². The number of nitrogens with zero attached hydrogens (tertiary/aromatic N) is 1. The Morgan fingerprint density at radius 1 is 1.29 bits per heavy atom. The Morgan fingerprint density at radius 3 is 2.75 bits per heavy atom. The summed E-state index contributed by atoms with van der Waals surface area (Å²) >= 11 is 13.0. The van der Waals surface area contributed by atoms with Gasteiger partial charge in [0.1, 0.15) is 0 Å². The van der Waals surface area contributed by atoms with Gasteiger partial charge in [0.05, 0.1) is 15.8 Å². The molecule has 0 spiro atoms. The number of pyridine rings is 1. The largest absolute Gasteiger partial charge is 0.455 e. The van der Waals surface area contributed by atoms with Gasteiger partial charge < -0.3 is 10.1 Å². The fourth-order valence-corrected chi connectivity index (χ4v) is 2.97. The maximum atomic E-state index is 11.8. The summed E-state index contributed by atoms with van der Waals surface area (Å²) in [4.78, 5) is 28.4. The second kappa shape index (κ2) is 8.92. The molecule has 2 rings (SSSR count). The molecule has 1 aromatic heterocycles. The van der Waals surface area contributed by atoms with Gasteiger partial charge in [0, 0.05) is 11.1 Å². The van der Waals surface area contributed by atoms with E-state index in [1.165, 1.54) is 24.0 Å². The van der Waals surface area contributed by atoms with E-state index in [0.29, 0.717) is 5.02 Å². The van der Waals surface area contributed by atoms with Crippen molar-refractivity contribution in [2.24, 2.45) is 0 Å². The molecule has 0 unspecified atom stereocenters. The zero-order valence-electron chi connectivity index (χ0n) is 12.7. The summed E-state index contributed by atoms with van der Waals surface area (Å²) in [7, 11) is 0. The Kier molecular flexibility index (Phi) is 6.90. The van der Waals surface area contributed by atoms with E-state index in [1.807, 2.05) is 31.2 Å². The van der Waals surface area contributed by atoms with Crippen molar-refractivity contribution in [2.45, 2.75) is 11.8 Å². The van der Waals surface area contributed by atoms with E-state index in [0.717, 1.165) is 10.5 Å². The van der Waals surface area contributed by atoms with Crippen molar-refractivity contribution < 1.29 is 14.3 Å². The van der Waals surface area contributed by atoms with E-state index < -0.39 is 18.5 Å². The summed E-state index contributed by atoms with van der Waals surface area (Å²) in [6.45, 7) is 1.55. The van der Waals surface area contributed by atoms with E-state index in [9.17, 15) is 9.59 Å². The van der Waals surface area contributed by atoms with Crippen LogP contribution in [-0.4, -0.2) is 29.2 Å². The van der Waals surface area contributed by atoms with Gasteiger partial charge in [-0.1, -0.05) is 41.4 Å². The van der Waals surface area contributed by atoms with Crippen molar-refractivity contribution in [1.29, 1.82) is 0 Å². The molecule has 24 heavy (non-hydrogen) atoms. The lowest BCUT2D eigenvalue weighted by Gasteiger charge is -2.08. The van der Waals surface area contributed by atoms with Crippen molar-refractivity contribution in [3.8, 4) is 0 Å². The molecule has 5 nitrogen and oxygen atoms in total. The summed E-state index contributed by atoms with van der Waals surface area (Å²) in [5, 5.41) is 3.02. The molecular formula is C16H14Cl2N2O3S. The summed E-state index contributed by atoms with van der Waals surface area (Å²) in [5.41, 5.74) is 1.08. The average Bonchev–Trinajstić information content (AvgIpc) is 2.55. The van der Waals surface area contributed by atoms with Crippen molar-refractivity contribution in [1.82, 2.24) is 4.98 Å². The van der Waals surface area contributed by atoms with E-state index in [2.05, 4.69) is 10.3 Å². The molecule has 126 valence electrons. The molecule has 0 fully saturated rings. The Hall–Kier alpha value is -1.76. The second-order valence-corrected chi connectivity index (χ2v) is 6.61. The standard InChI is InChI=1S/C16H14Cl2N2O3S/c1-10-4-2-3-5-13(10)24-9-15(22)23-8-14(21)20-16-12(18)6-11(17)7-19-16/h2-7H,8-9H2,1H3,(H,19,20,21). The number of rotatable bonds is 6. The van der Waals surface area contributed by atoms with Gasteiger partial charge in [0.25, 0.3) is 5.91 Å². The first-order chi connectivity index (χ1) is 11.5. The summed E-state index contributed by atoms with van der Waals surface area (Å²) in [6.07, 6.45) is 1.36. The minimum atomic E-state index is -0.527. The fraction of sp³-hybridized carbons (Fsp3) is 0.188. The summed E-state index contributed by atoms with van der Waals surface area (Å²) in [6, 6.07) is 9.17. The lowest BCUT2D eigenvalue weighted by Crippen LogP contribution is -2.22. The molecule has 1 heterocycles. The highest BCUT2D eigenvalue weighted by Crippen LogP contribution is 2.23. The summed E-state index contributed by atoms with van der Waals surface area (Å²) < 4.78 is 4.93. The van der Waals surface area contributed by atoms with Crippen molar-refractivity contribution in [2.75, 3.05) is 17.7 Å². The average molecular weight is 385 g/mol. The number of benzene rings is 1. The minimum Gasteiger partial charge on any atom is -0.455 e. The lowest BCUT2D eigenvalue weighted by atomic mass is 10.2. The van der Waals surface area contributed by atoms with Crippen LogP contribution in [0.4, 0.5) is 5.82 Å². The molecule has 1 amide bonds. The molecule has 0 radical (unpaired) electrons. The number of amides is 1. The number of carbonyl (C=O) groups is 2. The third kappa shape index (κ3) is 5.70. The monoisotopic (exact) mass is 384 g/mol. The topological polar surface area (TPSA) is 68.3 Å². The third-order valence-electron chi connectivity index (χ3n) is 2.87. The molecule has 8 heteroatoms. The molecule has 2 aromatic rings. The lowest BCUT2D eigenvalue weighted by molar-refractivity contribution is -0.144. The Balaban J connectivity index is 1.77. The number of ether oxygens (including phenoxy) is 1. The highest BCUT2D eigenvalue weighted by Gasteiger charge is 2.11. The predicted molar refractivity (Wildman–Crippen MR) is 95.7 cm³/mol. The predicted octanol–water partition coefficient (Wildman–Crippen LogP) is 3.97. The number of halogens is 2. The number of hydrogen-bond acceptors (Lipinski definition) is 5. The Morgan fingerprint density at radius 2 is 2.04 bits per heavy atom. The molecule has 1 aromatic carbocycles. The summed E-state index contributed by atoms with van der Waals surface area (Å²) in [5.74, 6) is -0.719. The van der Waals surface area contributed by atoms with Crippen molar-refractivity contribution in [3.63, 3.8) is 0 Å². The number of nitrogens with one attached hydrogen (secondary N) is 1. The van der Waals surface area contributed by atoms with Crippen LogP contribution in [-0.2, 0) is 14.3 Å². The maximum Gasteiger partial charge on any atom is 0.316 e. The maximum absolute atomic E-state index is 11.8. The van der Waals surface area contributed by atoms with Crippen LogP contribution in [0.2, 0.25) is 10.0 Å². The Labute approximate surface area is 153 Å². The fourth-order valence-electron chi connectivity index (χ4n) is 1.72. The van der Waals surface area contributed by atoms with Crippen LogP contribution < -0.4 is 5.32 Å².